The monoisotopic (exact) mass is 405 g/mol. The lowest BCUT2D eigenvalue weighted by molar-refractivity contribution is -0.954. The van der Waals surface area contributed by atoms with Crippen molar-refractivity contribution in [2.24, 2.45) is 0 Å². The number of aromatic nitrogens is 2. The van der Waals surface area contributed by atoms with Crippen LogP contribution in [0.4, 0.5) is 0 Å². The third kappa shape index (κ3) is 4.45. The first kappa shape index (κ1) is 20.3. The number of hydrogen-bond donors (Lipinski definition) is 2. The predicted molar refractivity (Wildman–Crippen MR) is 117 cm³/mol. The fourth-order valence-corrected chi connectivity index (χ4v) is 3.88. The van der Waals surface area contributed by atoms with Crippen LogP contribution < -0.4 is 10.2 Å². The molecule has 1 fully saturated rings. The number of quaternary nitrogens is 1. The lowest BCUT2D eigenvalue weighted by Gasteiger charge is -2.37. The van der Waals surface area contributed by atoms with Gasteiger partial charge in [0.25, 0.3) is 5.91 Å². The number of rotatable bonds is 6. The van der Waals surface area contributed by atoms with E-state index in [4.69, 9.17) is 9.84 Å². The van der Waals surface area contributed by atoms with E-state index in [9.17, 15) is 4.79 Å². The molecule has 156 valence electrons. The van der Waals surface area contributed by atoms with Crippen molar-refractivity contribution >= 4 is 5.91 Å². The van der Waals surface area contributed by atoms with Gasteiger partial charge in [0, 0.05) is 11.8 Å². The largest absolute Gasteiger partial charge is 0.370 e. The van der Waals surface area contributed by atoms with Gasteiger partial charge < -0.3 is 15.0 Å². The van der Waals surface area contributed by atoms with E-state index in [0.717, 1.165) is 37.6 Å². The minimum atomic E-state index is -0.100. The second-order valence-electron chi connectivity index (χ2n) is 8.32. The van der Waals surface area contributed by atoms with Crippen LogP contribution in [0.2, 0.25) is 0 Å². The Morgan fingerprint density at radius 2 is 1.70 bits per heavy atom. The fraction of sp³-hybridized carbons (Fsp3) is 0.333. The summed E-state index contributed by atoms with van der Waals surface area (Å²) in [6.07, 6.45) is 1.82. The van der Waals surface area contributed by atoms with Crippen LogP contribution in [0.5, 0.6) is 0 Å². The maximum Gasteiger partial charge on any atom is 0.255 e. The topological polar surface area (TPSA) is 60.6 Å². The number of hydrogen-bond acceptors (Lipinski definition) is 3. The summed E-state index contributed by atoms with van der Waals surface area (Å²) in [5.74, 6) is -0.100. The molecule has 0 spiro atoms. The molecule has 6 nitrogen and oxygen atoms in total. The first-order valence-electron chi connectivity index (χ1n) is 10.5. The Balaban J connectivity index is 1.58. The molecule has 1 aliphatic rings. The minimum absolute atomic E-state index is 0.0677. The van der Waals surface area contributed by atoms with E-state index >= 15 is 0 Å². The summed E-state index contributed by atoms with van der Waals surface area (Å²) < 4.78 is 7.25. The fourth-order valence-electron chi connectivity index (χ4n) is 3.88. The van der Waals surface area contributed by atoms with E-state index in [0.29, 0.717) is 17.8 Å². The second kappa shape index (κ2) is 8.81. The number of benzene rings is 2. The van der Waals surface area contributed by atoms with E-state index in [1.54, 1.807) is 4.68 Å². The molecule has 2 N–H and O–H groups in total. The van der Waals surface area contributed by atoms with Gasteiger partial charge >= 0.3 is 0 Å². The van der Waals surface area contributed by atoms with Gasteiger partial charge in [-0.2, -0.15) is 5.10 Å². The van der Waals surface area contributed by atoms with Gasteiger partial charge in [-0.1, -0.05) is 48.5 Å². The van der Waals surface area contributed by atoms with Gasteiger partial charge in [0.15, 0.2) is 0 Å². The molecule has 0 bridgehead atoms. The van der Waals surface area contributed by atoms with Crippen molar-refractivity contribution in [3.63, 3.8) is 0 Å². The minimum Gasteiger partial charge on any atom is -0.370 e. The molecule has 1 saturated heterocycles. The van der Waals surface area contributed by atoms with Gasteiger partial charge in [0.2, 0.25) is 0 Å². The number of para-hydroxylation sites is 1. The van der Waals surface area contributed by atoms with E-state index in [-0.39, 0.29) is 11.4 Å². The molecule has 0 atom stereocenters. The second-order valence-corrected chi connectivity index (χ2v) is 8.32. The lowest BCUT2D eigenvalue weighted by Crippen LogP contribution is -3.22. The van der Waals surface area contributed by atoms with Gasteiger partial charge in [-0.05, 0) is 26.0 Å². The number of ether oxygens (including phenoxy) is 1. The van der Waals surface area contributed by atoms with Crippen molar-refractivity contribution < 1.29 is 14.4 Å². The highest BCUT2D eigenvalue weighted by atomic mass is 16.5. The van der Waals surface area contributed by atoms with E-state index < -0.39 is 0 Å². The SMILES string of the molecule is CC(C)(CNC(=O)c1cn(-c2ccccc2)nc1-c1ccccc1)[NH+]1CCOCC1. The van der Waals surface area contributed by atoms with Gasteiger partial charge in [-0.15, -0.1) is 0 Å². The molecule has 1 amide bonds. The van der Waals surface area contributed by atoms with E-state index in [2.05, 4.69) is 19.2 Å². The number of carbonyl (C=O) groups excluding carboxylic acids is 1. The van der Waals surface area contributed by atoms with Crippen LogP contribution in [0.1, 0.15) is 24.2 Å². The van der Waals surface area contributed by atoms with Crippen molar-refractivity contribution in [1.82, 2.24) is 15.1 Å². The summed E-state index contributed by atoms with van der Waals surface area (Å²) in [6.45, 7) is 8.45. The molecule has 0 aliphatic carbocycles. The van der Waals surface area contributed by atoms with Crippen LogP contribution in [-0.4, -0.2) is 54.1 Å². The molecule has 3 aromatic rings. The predicted octanol–water partition coefficient (Wildman–Crippen LogP) is 1.96. The Morgan fingerprint density at radius 1 is 1.07 bits per heavy atom. The molecule has 2 heterocycles. The number of nitrogens with zero attached hydrogens (tertiary/aromatic N) is 2. The lowest BCUT2D eigenvalue weighted by atomic mass is 10.0. The number of morpholine rings is 1. The highest BCUT2D eigenvalue weighted by Crippen LogP contribution is 2.23. The zero-order valence-corrected chi connectivity index (χ0v) is 17.6. The van der Waals surface area contributed by atoms with Crippen molar-refractivity contribution in [2.45, 2.75) is 19.4 Å². The number of carbonyl (C=O) groups is 1. The Labute approximate surface area is 177 Å². The molecule has 30 heavy (non-hydrogen) atoms. The van der Waals surface area contributed by atoms with Gasteiger partial charge in [0.05, 0.1) is 31.0 Å². The zero-order valence-electron chi connectivity index (χ0n) is 17.6. The molecule has 6 heteroatoms. The average Bonchev–Trinajstić information content (AvgIpc) is 3.25. The smallest absolute Gasteiger partial charge is 0.255 e. The van der Waals surface area contributed by atoms with E-state index in [1.807, 2.05) is 66.9 Å². The Bertz CT molecular complexity index is 977. The molecule has 4 rings (SSSR count). The Hall–Kier alpha value is -2.96. The summed E-state index contributed by atoms with van der Waals surface area (Å²) >= 11 is 0. The first-order valence-corrected chi connectivity index (χ1v) is 10.5. The van der Waals surface area contributed by atoms with Gasteiger partial charge in [0.1, 0.15) is 24.3 Å². The summed E-state index contributed by atoms with van der Waals surface area (Å²) in [6, 6.07) is 19.7. The van der Waals surface area contributed by atoms with Crippen LogP contribution in [0.3, 0.4) is 0 Å². The average molecular weight is 406 g/mol. The summed E-state index contributed by atoms with van der Waals surface area (Å²) in [4.78, 5) is 14.7. The Morgan fingerprint density at radius 3 is 2.37 bits per heavy atom. The van der Waals surface area contributed by atoms with Crippen LogP contribution in [0.15, 0.2) is 66.9 Å². The Kier molecular flexibility index (Phi) is 5.97. The van der Waals surface area contributed by atoms with Gasteiger partial charge in [-0.3, -0.25) is 4.79 Å². The standard InChI is InChI=1S/C24H28N4O2/c1-24(2,27-13-15-30-16-14-27)18-25-23(29)21-17-28(20-11-7-4-8-12-20)26-22(21)19-9-5-3-6-10-19/h3-12,17H,13-16,18H2,1-2H3,(H,25,29)/p+1. The number of amides is 1. The molecular formula is C24H29N4O2+. The third-order valence-corrected chi connectivity index (χ3v) is 5.77. The van der Waals surface area contributed by atoms with Crippen molar-refractivity contribution in [3.8, 4) is 16.9 Å². The molecule has 0 saturated carbocycles. The quantitative estimate of drug-likeness (QED) is 0.659. The maximum atomic E-state index is 13.2. The molecule has 0 radical (unpaired) electrons. The van der Waals surface area contributed by atoms with Crippen LogP contribution in [-0.2, 0) is 4.74 Å². The van der Waals surface area contributed by atoms with Crippen molar-refractivity contribution in [2.75, 3.05) is 32.8 Å². The van der Waals surface area contributed by atoms with E-state index in [1.165, 1.54) is 4.90 Å². The van der Waals surface area contributed by atoms with Crippen molar-refractivity contribution in [3.05, 3.63) is 72.4 Å². The van der Waals surface area contributed by atoms with Crippen LogP contribution >= 0.6 is 0 Å². The maximum absolute atomic E-state index is 13.2. The van der Waals surface area contributed by atoms with Crippen LogP contribution in [0.25, 0.3) is 16.9 Å². The van der Waals surface area contributed by atoms with Crippen LogP contribution in [0, 0.1) is 0 Å². The first-order chi connectivity index (χ1) is 14.5. The van der Waals surface area contributed by atoms with Crippen molar-refractivity contribution in [1.29, 1.82) is 0 Å². The summed E-state index contributed by atoms with van der Waals surface area (Å²) in [7, 11) is 0. The highest BCUT2D eigenvalue weighted by Gasteiger charge is 2.33. The number of nitrogens with one attached hydrogen (secondary N) is 2. The molecule has 2 aromatic carbocycles. The normalized spacial score (nSPS) is 15.1. The third-order valence-electron chi connectivity index (χ3n) is 5.77. The molecule has 0 unspecified atom stereocenters. The summed E-state index contributed by atoms with van der Waals surface area (Å²) in [5, 5.41) is 7.90. The molecule has 1 aliphatic heterocycles. The highest BCUT2D eigenvalue weighted by molar-refractivity contribution is 6.00. The summed E-state index contributed by atoms with van der Waals surface area (Å²) in [5.41, 5.74) is 3.05. The molecular weight excluding hydrogens is 376 g/mol. The molecule has 1 aromatic heterocycles. The zero-order chi connectivity index (χ0) is 21.0. The van der Waals surface area contributed by atoms with Gasteiger partial charge in [-0.25, -0.2) is 4.68 Å².